The standard InChI is InChI=1S/C15H12F2O.Li/c16-13-5-1-11(2-6-13)9-15(18)10-12-3-7-14(17)8-4-12;/h1-9,18H,10H2;/q;+1/p-1/b15-9-;. The van der Waals surface area contributed by atoms with Crippen LogP contribution in [0.3, 0.4) is 0 Å². The van der Waals surface area contributed by atoms with Crippen LogP contribution < -0.4 is 24.0 Å². The Hall–Kier alpha value is -1.56. The Balaban J connectivity index is 0.00000180. The molecule has 0 aliphatic rings. The van der Waals surface area contributed by atoms with Crippen LogP contribution in [0.2, 0.25) is 0 Å². The third-order valence-electron chi connectivity index (χ3n) is 2.49. The Morgan fingerprint density at radius 2 is 1.37 bits per heavy atom. The first-order valence-electron chi connectivity index (χ1n) is 5.51. The van der Waals surface area contributed by atoms with Gasteiger partial charge < -0.3 is 5.11 Å². The van der Waals surface area contributed by atoms with Crippen LogP contribution in [0.15, 0.2) is 54.3 Å². The van der Waals surface area contributed by atoms with E-state index in [0.717, 1.165) is 5.56 Å². The van der Waals surface area contributed by atoms with Gasteiger partial charge in [0, 0.05) is 0 Å². The maximum atomic E-state index is 12.7. The van der Waals surface area contributed by atoms with Crippen LogP contribution >= 0.6 is 0 Å². The summed E-state index contributed by atoms with van der Waals surface area (Å²) in [4.78, 5) is 0. The fourth-order valence-electron chi connectivity index (χ4n) is 1.60. The van der Waals surface area contributed by atoms with Crippen LogP contribution in [0.1, 0.15) is 11.1 Å². The van der Waals surface area contributed by atoms with Gasteiger partial charge in [0.2, 0.25) is 0 Å². The normalized spacial score (nSPS) is 10.9. The predicted octanol–water partition coefficient (Wildman–Crippen LogP) is -0.0873. The van der Waals surface area contributed by atoms with Crippen LogP contribution in [-0.2, 0) is 6.42 Å². The van der Waals surface area contributed by atoms with E-state index in [9.17, 15) is 13.9 Å². The molecule has 2 rings (SSSR count). The summed E-state index contributed by atoms with van der Waals surface area (Å²) in [6.07, 6.45) is 1.65. The summed E-state index contributed by atoms with van der Waals surface area (Å²) < 4.78 is 25.4. The topological polar surface area (TPSA) is 23.1 Å². The summed E-state index contributed by atoms with van der Waals surface area (Å²) in [6.45, 7) is 0. The van der Waals surface area contributed by atoms with Crippen LogP contribution in [0.25, 0.3) is 6.08 Å². The summed E-state index contributed by atoms with van der Waals surface area (Å²) in [5.41, 5.74) is 1.41. The molecule has 4 heteroatoms. The van der Waals surface area contributed by atoms with Gasteiger partial charge in [-0.2, -0.15) is 0 Å². The van der Waals surface area contributed by atoms with E-state index in [2.05, 4.69) is 0 Å². The molecule has 0 fully saturated rings. The minimum Gasteiger partial charge on any atom is -0.875 e. The molecule has 0 aliphatic carbocycles. The van der Waals surface area contributed by atoms with Crippen molar-refractivity contribution in [2.45, 2.75) is 6.42 Å². The second kappa shape index (κ2) is 7.13. The van der Waals surface area contributed by atoms with Crippen molar-refractivity contribution in [1.82, 2.24) is 0 Å². The van der Waals surface area contributed by atoms with Gasteiger partial charge in [-0.05, 0) is 41.8 Å². The van der Waals surface area contributed by atoms with Gasteiger partial charge in [-0.15, -0.1) is 5.76 Å². The van der Waals surface area contributed by atoms with Crippen LogP contribution in [0, 0.1) is 11.6 Å². The molecule has 92 valence electrons. The van der Waals surface area contributed by atoms with Crippen molar-refractivity contribution in [2.24, 2.45) is 0 Å². The van der Waals surface area contributed by atoms with E-state index >= 15 is 0 Å². The first-order valence-corrected chi connectivity index (χ1v) is 5.51. The average Bonchev–Trinajstić information content (AvgIpc) is 2.35. The zero-order chi connectivity index (χ0) is 13.0. The van der Waals surface area contributed by atoms with Crippen LogP contribution in [0.4, 0.5) is 8.78 Å². The summed E-state index contributed by atoms with van der Waals surface area (Å²) >= 11 is 0. The van der Waals surface area contributed by atoms with E-state index in [1.165, 1.54) is 42.5 Å². The molecule has 2 aromatic rings. The van der Waals surface area contributed by atoms with Crippen LogP contribution in [-0.4, -0.2) is 0 Å². The fourth-order valence-corrected chi connectivity index (χ4v) is 1.60. The number of allylic oxidation sites excluding steroid dienone is 1. The van der Waals surface area contributed by atoms with Gasteiger partial charge in [0.25, 0.3) is 0 Å². The van der Waals surface area contributed by atoms with E-state index in [1.807, 2.05) is 0 Å². The first-order chi connectivity index (χ1) is 8.63. The number of hydrogen-bond acceptors (Lipinski definition) is 1. The molecule has 19 heavy (non-hydrogen) atoms. The molecule has 2 aromatic carbocycles. The van der Waals surface area contributed by atoms with E-state index in [4.69, 9.17) is 0 Å². The fraction of sp³-hybridized carbons (Fsp3) is 0.0667. The molecule has 0 amide bonds. The van der Waals surface area contributed by atoms with Gasteiger partial charge >= 0.3 is 18.9 Å². The van der Waals surface area contributed by atoms with Crippen molar-refractivity contribution in [3.8, 4) is 0 Å². The van der Waals surface area contributed by atoms with Gasteiger partial charge in [-0.25, -0.2) is 8.78 Å². The number of benzene rings is 2. The first kappa shape index (κ1) is 15.5. The van der Waals surface area contributed by atoms with E-state index < -0.39 is 0 Å². The van der Waals surface area contributed by atoms with Gasteiger partial charge in [-0.1, -0.05) is 30.3 Å². The molecule has 0 saturated heterocycles. The van der Waals surface area contributed by atoms with Gasteiger partial charge in [-0.3, -0.25) is 0 Å². The minimum atomic E-state index is -0.335. The van der Waals surface area contributed by atoms with Crippen molar-refractivity contribution in [2.75, 3.05) is 0 Å². The molecule has 0 heterocycles. The predicted molar refractivity (Wildman–Crippen MR) is 64.5 cm³/mol. The third kappa shape index (κ3) is 4.90. The smallest absolute Gasteiger partial charge is 0.875 e. The monoisotopic (exact) mass is 252 g/mol. The van der Waals surface area contributed by atoms with Crippen molar-refractivity contribution in [1.29, 1.82) is 0 Å². The van der Waals surface area contributed by atoms with Gasteiger partial charge in [0.05, 0.1) is 0 Å². The summed E-state index contributed by atoms with van der Waals surface area (Å²) in [5.74, 6) is -0.764. The Labute approximate surface area is 122 Å². The van der Waals surface area contributed by atoms with Crippen molar-refractivity contribution < 1.29 is 32.7 Å². The van der Waals surface area contributed by atoms with Crippen LogP contribution in [0.5, 0.6) is 0 Å². The quantitative estimate of drug-likeness (QED) is 0.553. The average molecular weight is 252 g/mol. The van der Waals surface area contributed by atoms with Crippen molar-refractivity contribution in [3.63, 3.8) is 0 Å². The molecule has 0 N–H and O–H groups in total. The molecule has 1 nitrogen and oxygen atoms in total. The molecule has 0 bridgehead atoms. The molecule has 0 unspecified atom stereocenters. The summed E-state index contributed by atoms with van der Waals surface area (Å²) in [5, 5.41) is 11.7. The van der Waals surface area contributed by atoms with E-state index in [0.29, 0.717) is 5.56 Å². The summed E-state index contributed by atoms with van der Waals surface area (Å²) in [7, 11) is 0. The van der Waals surface area contributed by atoms with E-state index in [1.54, 1.807) is 12.1 Å². The number of hydrogen-bond donors (Lipinski definition) is 0. The molecular weight excluding hydrogens is 241 g/mol. The molecule has 0 aliphatic heterocycles. The molecular formula is C15H11F2LiO. The van der Waals surface area contributed by atoms with Gasteiger partial charge in [0.1, 0.15) is 11.6 Å². The third-order valence-corrected chi connectivity index (χ3v) is 2.49. The molecule has 0 radical (unpaired) electrons. The SMILES string of the molecule is [Li+].[O-]/C(=C\c1ccc(F)cc1)Cc1ccc(F)cc1. The Kier molecular flexibility index (Phi) is 5.82. The second-order valence-corrected chi connectivity index (χ2v) is 3.97. The second-order valence-electron chi connectivity index (χ2n) is 3.97. The van der Waals surface area contributed by atoms with E-state index in [-0.39, 0.29) is 42.7 Å². The van der Waals surface area contributed by atoms with Gasteiger partial charge in [0.15, 0.2) is 0 Å². The maximum absolute atomic E-state index is 12.7. The zero-order valence-corrected chi connectivity index (χ0v) is 10.6. The molecule has 0 atom stereocenters. The Morgan fingerprint density at radius 1 is 0.895 bits per heavy atom. The summed E-state index contributed by atoms with van der Waals surface area (Å²) in [6, 6.07) is 11.5. The Morgan fingerprint density at radius 3 is 1.89 bits per heavy atom. The van der Waals surface area contributed by atoms with Crippen molar-refractivity contribution in [3.05, 3.63) is 77.1 Å². The Bertz CT molecular complexity index is 547. The molecule has 0 spiro atoms. The maximum Gasteiger partial charge on any atom is 1.00 e. The number of rotatable bonds is 3. The zero-order valence-electron chi connectivity index (χ0n) is 10.6. The van der Waals surface area contributed by atoms with Crippen molar-refractivity contribution >= 4 is 6.08 Å². The molecule has 0 aromatic heterocycles. The molecule has 0 saturated carbocycles. The minimum absolute atomic E-state index is 0. The number of halogens is 2. The largest absolute Gasteiger partial charge is 1.00 e.